The lowest BCUT2D eigenvalue weighted by atomic mass is 9.99. The highest BCUT2D eigenvalue weighted by Crippen LogP contribution is 2.21. The Labute approximate surface area is 165 Å². The van der Waals surface area contributed by atoms with Gasteiger partial charge in [0, 0.05) is 11.0 Å². The molecule has 0 saturated carbocycles. The molecule has 0 atom stereocenters. The van der Waals surface area contributed by atoms with Gasteiger partial charge in [-0.05, 0) is 63.0 Å². The van der Waals surface area contributed by atoms with Gasteiger partial charge in [0.2, 0.25) is 15.9 Å². The molecule has 1 aliphatic rings. The molecule has 1 amide bonds. The number of benzene rings is 1. The molecule has 0 aromatic heterocycles. The van der Waals surface area contributed by atoms with Crippen LogP contribution in [0.3, 0.4) is 0 Å². The number of carbonyl (C=O) groups is 1. The number of anilines is 1. The molecule has 1 aromatic rings. The summed E-state index contributed by atoms with van der Waals surface area (Å²) in [7, 11) is -3.54. The zero-order valence-corrected chi connectivity index (χ0v) is 17.9. The van der Waals surface area contributed by atoms with Gasteiger partial charge in [-0.2, -0.15) is 0 Å². The minimum atomic E-state index is -3.54. The van der Waals surface area contributed by atoms with E-state index in [1.165, 1.54) is 12.8 Å². The first-order chi connectivity index (χ1) is 12.3. The Morgan fingerprint density at radius 3 is 2.65 bits per heavy atom. The fraction of sp³-hybridized carbons (Fsp3) is 0.611. The monoisotopic (exact) mass is 445 g/mol. The van der Waals surface area contributed by atoms with Gasteiger partial charge in [0.15, 0.2) is 0 Å². The number of hydrogen-bond donors (Lipinski definition) is 1. The summed E-state index contributed by atoms with van der Waals surface area (Å²) in [5.74, 6) is 0.522. The number of amides is 1. The lowest BCUT2D eigenvalue weighted by molar-refractivity contribution is -0.119. The molecule has 0 spiro atoms. The van der Waals surface area contributed by atoms with E-state index in [1.807, 2.05) is 6.07 Å². The van der Waals surface area contributed by atoms with Crippen molar-refractivity contribution < 1.29 is 13.2 Å². The number of carbonyl (C=O) groups excluding carboxylic acids is 1. The third-order valence-corrected chi connectivity index (χ3v) is 6.27. The van der Waals surface area contributed by atoms with Crippen LogP contribution in [0.4, 0.5) is 5.69 Å². The topological polar surface area (TPSA) is 69.7 Å². The second kappa shape index (κ2) is 9.71. The van der Waals surface area contributed by atoms with E-state index < -0.39 is 10.0 Å². The van der Waals surface area contributed by atoms with Crippen molar-refractivity contribution in [3.63, 3.8) is 0 Å². The number of piperidine rings is 1. The van der Waals surface area contributed by atoms with Gasteiger partial charge in [-0.15, -0.1) is 0 Å². The van der Waals surface area contributed by atoms with E-state index in [2.05, 4.69) is 33.1 Å². The van der Waals surface area contributed by atoms with Crippen LogP contribution in [0, 0.1) is 5.92 Å². The summed E-state index contributed by atoms with van der Waals surface area (Å²) in [5.41, 5.74) is 0.472. The predicted octanol–water partition coefficient (Wildman–Crippen LogP) is 2.45. The quantitative estimate of drug-likeness (QED) is 0.623. The summed E-state index contributed by atoms with van der Waals surface area (Å²) in [6, 6.07) is 6.92. The Bertz CT molecular complexity index is 703. The van der Waals surface area contributed by atoms with Crippen LogP contribution < -0.4 is 9.62 Å². The lowest BCUT2D eigenvalue weighted by Crippen LogP contribution is -2.41. The van der Waals surface area contributed by atoms with E-state index in [1.54, 1.807) is 18.2 Å². The van der Waals surface area contributed by atoms with E-state index in [0.717, 1.165) is 47.0 Å². The molecular formula is C18H28BrN3O3S. The number of likely N-dealkylation sites (tertiary alicyclic amines) is 1. The molecule has 26 heavy (non-hydrogen) atoms. The molecule has 1 N–H and O–H groups in total. The average molecular weight is 446 g/mol. The fourth-order valence-electron chi connectivity index (χ4n) is 3.03. The Morgan fingerprint density at radius 2 is 2.04 bits per heavy atom. The third kappa shape index (κ3) is 6.89. The molecule has 1 aromatic carbocycles. The highest BCUT2D eigenvalue weighted by Gasteiger charge is 2.21. The first-order valence-corrected chi connectivity index (χ1v) is 11.6. The maximum absolute atomic E-state index is 12.2. The molecule has 0 aliphatic carbocycles. The standard InChI is InChI=1S/C18H28BrN3O3S/c1-15-7-11-21(12-8-15)10-4-9-20-18(23)14-22(26(2,24)25)17-6-3-5-16(19)13-17/h3,5-6,13,15H,4,7-12,14H2,1-2H3,(H,20,23). The van der Waals surface area contributed by atoms with Crippen molar-refractivity contribution in [1.29, 1.82) is 0 Å². The third-order valence-electron chi connectivity index (χ3n) is 4.63. The molecule has 1 saturated heterocycles. The zero-order valence-electron chi connectivity index (χ0n) is 15.4. The second-order valence-corrected chi connectivity index (χ2v) is 9.80. The maximum atomic E-state index is 12.2. The van der Waals surface area contributed by atoms with E-state index in [9.17, 15) is 13.2 Å². The molecule has 0 radical (unpaired) electrons. The normalized spacial score (nSPS) is 16.4. The van der Waals surface area contributed by atoms with Crippen LogP contribution >= 0.6 is 15.9 Å². The van der Waals surface area contributed by atoms with Crippen LogP contribution in [0.5, 0.6) is 0 Å². The van der Waals surface area contributed by atoms with Gasteiger partial charge in [-0.1, -0.05) is 28.9 Å². The first-order valence-electron chi connectivity index (χ1n) is 8.98. The van der Waals surface area contributed by atoms with E-state index in [-0.39, 0.29) is 12.5 Å². The Hall–Kier alpha value is -1.12. The Kier molecular flexibility index (Phi) is 7.91. The van der Waals surface area contributed by atoms with E-state index in [4.69, 9.17) is 0 Å². The van der Waals surface area contributed by atoms with E-state index >= 15 is 0 Å². The van der Waals surface area contributed by atoms with Gasteiger partial charge in [0.05, 0.1) is 11.9 Å². The minimum absolute atomic E-state index is 0.212. The highest BCUT2D eigenvalue weighted by molar-refractivity contribution is 9.10. The molecule has 1 aliphatic heterocycles. The summed E-state index contributed by atoms with van der Waals surface area (Å²) in [6.07, 6.45) is 4.46. The first kappa shape index (κ1) is 21.2. The summed E-state index contributed by atoms with van der Waals surface area (Å²) in [6.45, 7) is 5.85. The molecule has 2 rings (SSSR count). The lowest BCUT2D eigenvalue weighted by Gasteiger charge is -2.30. The number of sulfonamides is 1. The van der Waals surface area contributed by atoms with Crippen LogP contribution in [0.25, 0.3) is 0 Å². The zero-order chi connectivity index (χ0) is 19.2. The number of nitrogens with zero attached hydrogens (tertiary/aromatic N) is 2. The largest absolute Gasteiger partial charge is 0.354 e. The number of halogens is 1. The predicted molar refractivity (Wildman–Crippen MR) is 109 cm³/mol. The summed E-state index contributed by atoms with van der Waals surface area (Å²) >= 11 is 3.33. The van der Waals surface area contributed by atoms with Crippen molar-refractivity contribution in [1.82, 2.24) is 10.2 Å². The maximum Gasteiger partial charge on any atom is 0.240 e. The number of nitrogens with one attached hydrogen (secondary N) is 1. The van der Waals surface area contributed by atoms with Crippen molar-refractivity contribution in [3.8, 4) is 0 Å². The smallest absolute Gasteiger partial charge is 0.240 e. The SMILES string of the molecule is CC1CCN(CCCNC(=O)CN(c2cccc(Br)c2)S(C)(=O)=O)CC1. The van der Waals surface area contributed by atoms with Crippen LogP contribution in [0.15, 0.2) is 28.7 Å². The van der Waals surface area contributed by atoms with Crippen LogP contribution in [-0.2, 0) is 14.8 Å². The van der Waals surface area contributed by atoms with Crippen molar-refractivity contribution in [2.45, 2.75) is 26.2 Å². The van der Waals surface area contributed by atoms with Gasteiger partial charge >= 0.3 is 0 Å². The Balaban J connectivity index is 1.80. The van der Waals surface area contributed by atoms with Crippen molar-refractivity contribution in [2.75, 3.05) is 43.3 Å². The molecule has 1 heterocycles. The second-order valence-electron chi connectivity index (χ2n) is 6.98. The van der Waals surface area contributed by atoms with Crippen molar-refractivity contribution in [2.24, 2.45) is 5.92 Å². The summed E-state index contributed by atoms with van der Waals surface area (Å²) in [4.78, 5) is 14.6. The molecular weight excluding hydrogens is 418 g/mol. The molecule has 6 nitrogen and oxygen atoms in total. The van der Waals surface area contributed by atoms with Gasteiger partial charge in [0.1, 0.15) is 6.54 Å². The van der Waals surface area contributed by atoms with Gasteiger partial charge < -0.3 is 10.2 Å². The van der Waals surface area contributed by atoms with E-state index in [0.29, 0.717) is 12.2 Å². The minimum Gasteiger partial charge on any atom is -0.354 e. The average Bonchev–Trinajstić information content (AvgIpc) is 2.57. The molecule has 1 fully saturated rings. The van der Waals surface area contributed by atoms with Gasteiger partial charge in [-0.3, -0.25) is 9.10 Å². The fourth-order valence-corrected chi connectivity index (χ4v) is 4.27. The van der Waals surface area contributed by atoms with Crippen LogP contribution in [-0.4, -0.2) is 58.2 Å². The highest BCUT2D eigenvalue weighted by atomic mass is 79.9. The molecule has 146 valence electrons. The van der Waals surface area contributed by atoms with Crippen molar-refractivity contribution >= 4 is 37.5 Å². The molecule has 0 bridgehead atoms. The summed E-state index contributed by atoms with van der Waals surface area (Å²) in [5, 5.41) is 2.83. The molecule has 8 heteroatoms. The Morgan fingerprint density at radius 1 is 1.35 bits per heavy atom. The van der Waals surface area contributed by atoms with Gasteiger partial charge in [-0.25, -0.2) is 8.42 Å². The van der Waals surface area contributed by atoms with Gasteiger partial charge in [0.25, 0.3) is 0 Å². The van der Waals surface area contributed by atoms with Crippen LogP contribution in [0.2, 0.25) is 0 Å². The van der Waals surface area contributed by atoms with Crippen LogP contribution in [0.1, 0.15) is 26.2 Å². The number of rotatable bonds is 8. The molecule has 0 unspecified atom stereocenters. The number of hydrogen-bond acceptors (Lipinski definition) is 4. The summed E-state index contributed by atoms with van der Waals surface area (Å²) < 4.78 is 26.0. The van der Waals surface area contributed by atoms with Crippen molar-refractivity contribution in [3.05, 3.63) is 28.7 Å².